The van der Waals surface area contributed by atoms with Gasteiger partial charge in [-0.2, -0.15) is 0 Å². The number of nitrogens with zero attached hydrogens (tertiary/aromatic N) is 2. The maximum Gasteiger partial charge on any atom is 0.253 e. The van der Waals surface area contributed by atoms with Crippen LogP contribution < -0.4 is 15.4 Å². The fourth-order valence-electron chi connectivity index (χ4n) is 3.00. The quantitative estimate of drug-likeness (QED) is 0.258. The number of nitrogens with one attached hydrogen (secondary N) is 2. The third kappa shape index (κ3) is 8.64. The molecule has 32 heavy (non-hydrogen) atoms. The first kappa shape index (κ1) is 27.7. The molecule has 6 nitrogen and oxygen atoms in total. The van der Waals surface area contributed by atoms with Crippen molar-refractivity contribution < 1.29 is 13.9 Å². The summed E-state index contributed by atoms with van der Waals surface area (Å²) in [6.45, 7) is 10.8. The van der Waals surface area contributed by atoms with Gasteiger partial charge in [-0.15, -0.1) is 24.0 Å². The van der Waals surface area contributed by atoms with Gasteiger partial charge in [-0.25, -0.2) is 9.38 Å². The molecule has 2 aromatic carbocycles. The van der Waals surface area contributed by atoms with Crippen LogP contribution in [-0.4, -0.2) is 49.0 Å². The van der Waals surface area contributed by atoms with Gasteiger partial charge in [0.1, 0.15) is 6.10 Å². The maximum atomic E-state index is 13.7. The van der Waals surface area contributed by atoms with Gasteiger partial charge in [-0.1, -0.05) is 24.3 Å². The Hall–Kier alpha value is -2.36. The van der Waals surface area contributed by atoms with Crippen molar-refractivity contribution >= 4 is 35.8 Å². The predicted molar refractivity (Wildman–Crippen MR) is 138 cm³/mol. The van der Waals surface area contributed by atoms with Gasteiger partial charge in [0.25, 0.3) is 5.91 Å². The molecule has 8 heteroatoms. The zero-order valence-corrected chi connectivity index (χ0v) is 21.6. The summed E-state index contributed by atoms with van der Waals surface area (Å²) < 4.78 is 19.4. The fraction of sp³-hybridized carbons (Fsp3) is 0.417. The summed E-state index contributed by atoms with van der Waals surface area (Å²) in [7, 11) is 0. The standard InChI is InChI=1S/C24H33FN4O2.HI/c1-5-26-24(27-16-18(4)31-22-11-9-8-10-21(22)25)28-17-19-12-14-20(15-13-19)23(30)29(6-2)7-3;/h8-15,18H,5-7,16-17H2,1-4H3,(H2,26,27,28);1H. The number of carbonyl (C=O) groups is 1. The minimum atomic E-state index is -0.377. The van der Waals surface area contributed by atoms with Gasteiger partial charge in [0.15, 0.2) is 17.5 Å². The first-order valence-corrected chi connectivity index (χ1v) is 10.8. The number of halogens is 2. The van der Waals surface area contributed by atoms with Gasteiger partial charge in [0.2, 0.25) is 0 Å². The van der Waals surface area contributed by atoms with E-state index in [-0.39, 0.29) is 47.6 Å². The third-order valence-electron chi connectivity index (χ3n) is 4.74. The number of ether oxygens (including phenoxy) is 1. The molecule has 0 spiro atoms. The van der Waals surface area contributed by atoms with E-state index in [1.54, 1.807) is 23.1 Å². The number of rotatable bonds is 10. The lowest BCUT2D eigenvalue weighted by molar-refractivity contribution is 0.0773. The van der Waals surface area contributed by atoms with Crippen molar-refractivity contribution in [2.45, 2.75) is 40.3 Å². The molecule has 2 aromatic rings. The summed E-state index contributed by atoms with van der Waals surface area (Å²) in [6, 6.07) is 13.9. The Morgan fingerprint density at radius 3 is 2.31 bits per heavy atom. The van der Waals surface area contributed by atoms with Crippen molar-refractivity contribution in [2.75, 3.05) is 26.2 Å². The molecule has 2 N–H and O–H groups in total. The van der Waals surface area contributed by atoms with Crippen molar-refractivity contribution in [1.82, 2.24) is 15.5 Å². The van der Waals surface area contributed by atoms with E-state index in [9.17, 15) is 9.18 Å². The van der Waals surface area contributed by atoms with Gasteiger partial charge < -0.3 is 20.3 Å². The predicted octanol–water partition coefficient (Wildman–Crippen LogP) is 4.45. The first-order valence-electron chi connectivity index (χ1n) is 10.8. The molecule has 0 heterocycles. The highest BCUT2D eigenvalue weighted by atomic mass is 127. The van der Waals surface area contributed by atoms with Crippen molar-refractivity contribution in [2.24, 2.45) is 4.99 Å². The van der Waals surface area contributed by atoms with Crippen LogP contribution in [-0.2, 0) is 6.54 Å². The lowest BCUT2D eigenvalue weighted by atomic mass is 10.1. The number of hydrogen-bond donors (Lipinski definition) is 2. The molecule has 1 atom stereocenters. The van der Waals surface area contributed by atoms with Crippen molar-refractivity contribution in [3.8, 4) is 5.75 Å². The third-order valence-corrected chi connectivity index (χ3v) is 4.74. The largest absolute Gasteiger partial charge is 0.486 e. The first-order chi connectivity index (χ1) is 15.0. The molecular weight excluding hydrogens is 522 g/mol. The summed E-state index contributed by atoms with van der Waals surface area (Å²) in [6.07, 6.45) is -0.244. The fourth-order valence-corrected chi connectivity index (χ4v) is 3.00. The van der Waals surface area contributed by atoms with Crippen molar-refractivity contribution in [3.63, 3.8) is 0 Å². The molecule has 1 unspecified atom stereocenters. The SMILES string of the molecule is CCNC(=NCc1ccc(C(=O)N(CC)CC)cc1)NCC(C)Oc1ccccc1F.I. The molecule has 0 radical (unpaired) electrons. The van der Waals surface area contributed by atoms with Crippen LogP contribution >= 0.6 is 24.0 Å². The van der Waals surface area contributed by atoms with Gasteiger partial charge in [-0.05, 0) is 57.5 Å². The lowest BCUT2D eigenvalue weighted by Gasteiger charge is -2.19. The Labute approximate surface area is 207 Å². The van der Waals surface area contributed by atoms with Crippen molar-refractivity contribution in [1.29, 1.82) is 0 Å². The van der Waals surface area contributed by atoms with E-state index < -0.39 is 0 Å². The van der Waals surface area contributed by atoms with Crippen molar-refractivity contribution in [3.05, 3.63) is 65.5 Å². The van der Waals surface area contributed by atoms with E-state index in [1.807, 2.05) is 52.0 Å². The van der Waals surface area contributed by atoms with Gasteiger partial charge in [0.05, 0.1) is 13.1 Å². The molecule has 0 aliphatic heterocycles. The Balaban J connectivity index is 0.00000512. The van der Waals surface area contributed by atoms with Gasteiger partial charge in [-0.3, -0.25) is 4.79 Å². The molecule has 1 amide bonds. The summed E-state index contributed by atoms with van der Waals surface area (Å²) in [5, 5.41) is 6.41. The van der Waals surface area contributed by atoms with E-state index in [0.29, 0.717) is 44.2 Å². The molecule has 0 fully saturated rings. The summed E-state index contributed by atoms with van der Waals surface area (Å²) in [5.41, 5.74) is 1.68. The molecule has 0 aliphatic rings. The highest BCUT2D eigenvalue weighted by molar-refractivity contribution is 14.0. The molecular formula is C24H34FIN4O2. The number of amides is 1. The average molecular weight is 556 g/mol. The monoisotopic (exact) mass is 556 g/mol. The minimum Gasteiger partial charge on any atom is -0.486 e. The van der Waals surface area contributed by atoms with E-state index in [0.717, 1.165) is 5.56 Å². The second kappa shape index (κ2) is 14.7. The van der Waals surface area contributed by atoms with E-state index in [1.165, 1.54) is 6.07 Å². The van der Waals surface area contributed by atoms with Crippen LogP contribution in [0.25, 0.3) is 0 Å². The second-order valence-corrected chi connectivity index (χ2v) is 7.11. The second-order valence-electron chi connectivity index (χ2n) is 7.11. The smallest absolute Gasteiger partial charge is 0.253 e. The van der Waals surface area contributed by atoms with E-state index in [4.69, 9.17) is 4.74 Å². The molecule has 0 saturated carbocycles. The summed E-state index contributed by atoms with van der Waals surface area (Å²) >= 11 is 0. The number of benzene rings is 2. The zero-order valence-electron chi connectivity index (χ0n) is 19.2. The lowest BCUT2D eigenvalue weighted by Crippen LogP contribution is -2.41. The summed E-state index contributed by atoms with van der Waals surface area (Å²) in [4.78, 5) is 18.8. The van der Waals surface area contributed by atoms with Crippen LogP contribution in [0.3, 0.4) is 0 Å². The number of para-hydroxylation sites is 1. The molecule has 0 aliphatic carbocycles. The maximum absolute atomic E-state index is 13.7. The van der Waals surface area contributed by atoms with Gasteiger partial charge >= 0.3 is 0 Å². The number of carbonyl (C=O) groups excluding carboxylic acids is 1. The van der Waals surface area contributed by atoms with Crippen LogP contribution in [0.15, 0.2) is 53.5 Å². The Kier molecular flexibility index (Phi) is 12.7. The van der Waals surface area contributed by atoms with Crippen LogP contribution in [0.2, 0.25) is 0 Å². The van der Waals surface area contributed by atoms with Gasteiger partial charge in [0, 0.05) is 25.2 Å². The molecule has 0 bridgehead atoms. The number of aliphatic imine (C=N–C) groups is 1. The van der Waals surface area contributed by atoms with Crippen LogP contribution in [0.5, 0.6) is 5.75 Å². The van der Waals surface area contributed by atoms with Crippen LogP contribution in [0.4, 0.5) is 4.39 Å². The molecule has 2 rings (SSSR count). The molecule has 176 valence electrons. The highest BCUT2D eigenvalue weighted by Gasteiger charge is 2.12. The number of guanidine groups is 1. The normalized spacial score (nSPS) is 11.8. The molecule has 0 aromatic heterocycles. The average Bonchev–Trinajstić information content (AvgIpc) is 2.78. The zero-order chi connectivity index (χ0) is 22.6. The van der Waals surface area contributed by atoms with E-state index >= 15 is 0 Å². The highest BCUT2D eigenvalue weighted by Crippen LogP contribution is 2.16. The Morgan fingerprint density at radius 1 is 1.06 bits per heavy atom. The Bertz CT molecular complexity index is 857. The minimum absolute atomic E-state index is 0. The molecule has 0 saturated heterocycles. The Morgan fingerprint density at radius 2 is 1.72 bits per heavy atom. The number of hydrogen-bond acceptors (Lipinski definition) is 3. The summed E-state index contributed by atoms with van der Waals surface area (Å²) in [5.74, 6) is 0.546. The van der Waals surface area contributed by atoms with Crippen LogP contribution in [0.1, 0.15) is 43.6 Å². The topological polar surface area (TPSA) is 66.0 Å². The van der Waals surface area contributed by atoms with Crippen LogP contribution in [0, 0.1) is 5.82 Å². The van der Waals surface area contributed by atoms with E-state index in [2.05, 4.69) is 15.6 Å².